The van der Waals surface area contributed by atoms with E-state index in [4.69, 9.17) is 0 Å². The molecule has 0 fully saturated rings. The molecule has 1 heterocycles. The molecule has 0 atom stereocenters. The number of para-hydroxylation sites is 1. The summed E-state index contributed by atoms with van der Waals surface area (Å²) in [5, 5.41) is 3.61. The minimum absolute atomic E-state index is 0.174. The van der Waals surface area contributed by atoms with Crippen molar-refractivity contribution in [1.29, 1.82) is 0 Å². The van der Waals surface area contributed by atoms with E-state index in [0.717, 1.165) is 0 Å². The van der Waals surface area contributed by atoms with Crippen LogP contribution in [0, 0.1) is 12.7 Å². The van der Waals surface area contributed by atoms with Gasteiger partial charge in [-0.25, -0.2) is 9.37 Å². The largest absolute Gasteiger partial charge is 0.378 e. The molecule has 0 aliphatic heterocycles. The molecule has 0 bridgehead atoms. The molecule has 3 rings (SSSR count). The van der Waals surface area contributed by atoms with Gasteiger partial charge < -0.3 is 10.3 Å². The van der Waals surface area contributed by atoms with Crippen LogP contribution in [0.2, 0.25) is 0 Å². The maximum Gasteiger partial charge on any atom is 0.258 e. The van der Waals surface area contributed by atoms with Gasteiger partial charge in [-0.1, -0.05) is 18.2 Å². The van der Waals surface area contributed by atoms with Crippen LogP contribution in [-0.2, 0) is 6.54 Å². The Morgan fingerprint density at radius 1 is 1.24 bits per heavy atom. The number of hydrogen-bond acceptors (Lipinski definition) is 3. The van der Waals surface area contributed by atoms with E-state index in [2.05, 4.69) is 15.3 Å². The van der Waals surface area contributed by atoms with E-state index in [1.165, 1.54) is 6.07 Å². The molecule has 106 valence electrons. The first-order valence-corrected chi connectivity index (χ1v) is 6.61. The van der Waals surface area contributed by atoms with Gasteiger partial charge in [0.05, 0.1) is 17.4 Å². The molecule has 0 radical (unpaired) electrons. The summed E-state index contributed by atoms with van der Waals surface area (Å²) in [7, 11) is 0. The molecule has 3 aromatic rings. The molecule has 0 saturated carbocycles. The number of H-pyrrole nitrogens is 1. The molecular formula is C16H14FN3O. The normalized spacial score (nSPS) is 10.8. The van der Waals surface area contributed by atoms with Gasteiger partial charge in [-0.3, -0.25) is 4.79 Å². The van der Waals surface area contributed by atoms with Crippen molar-refractivity contribution in [3.8, 4) is 0 Å². The van der Waals surface area contributed by atoms with Crippen LogP contribution in [0.3, 0.4) is 0 Å². The number of halogens is 1. The van der Waals surface area contributed by atoms with Gasteiger partial charge in [-0.05, 0) is 36.8 Å². The number of aromatic nitrogens is 2. The van der Waals surface area contributed by atoms with Crippen LogP contribution in [0.5, 0.6) is 0 Å². The summed E-state index contributed by atoms with van der Waals surface area (Å²) in [4.78, 5) is 19.0. The van der Waals surface area contributed by atoms with Crippen LogP contribution in [0.1, 0.15) is 11.4 Å². The first kappa shape index (κ1) is 13.3. The quantitative estimate of drug-likeness (QED) is 0.777. The second-order valence-electron chi connectivity index (χ2n) is 4.85. The molecule has 0 unspecified atom stereocenters. The van der Waals surface area contributed by atoms with Crippen molar-refractivity contribution < 1.29 is 4.39 Å². The van der Waals surface area contributed by atoms with Gasteiger partial charge in [0.25, 0.3) is 5.56 Å². The number of aryl methyl sites for hydroxylation is 1. The summed E-state index contributed by atoms with van der Waals surface area (Å²) in [5.41, 5.74) is 1.72. The van der Waals surface area contributed by atoms with E-state index < -0.39 is 0 Å². The van der Waals surface area contributed by atoms with Crippen LogP contribution in [0.4, 0.5) is 10.1 Å². The minimum Gasteiger partial charge on any atom is -0.378 e. The molecular weight excluding hydrogens is 269 g/mol. The van der Waals surface area contributed by atoms with Crippen molar-refractivity contribution in [2.24, 2.45) is 0 Å². The fourth-order valence-corrected chi connectivity index (χ4v) is 2.11. The first-order valence-electron chi connectivity index (χ1n) is 6.61. The van der Waals surface area contributed by atoms with Crippen LogP contribution in [0.15, 0.2) is 47.3 Å². The summed E-state index contributed by atoms with van der Waals surface area (Å²) in [5.74, 6) is 0.250. The number of nitrogens with one attached hydrogen (secondary N) is 2. The third-order valence-electron chi connectivity index (χ3n) is 3.29. The van der Waals surface area contributed by atoms with Crippen molar-refractivity contribution in [2.45, 2.75) is 13.5 Å². The van der Waals surface area contributed by atoms with E-state index in [-0.39, 0.29) is 11.4 Å². The number of benzene rings is 2. The predicted molar refractivity (Wildman–Crippen MR) is 80.8 cm³/mol. The second-order valence-corrected chi connectivity index (χ2v) is 4.85. The average molecular weight is 283 g/mol. The van der Waals surface area contributed by atoms with E-state index >= 15 is 0 Å². The van der Waals surface area contributed by atoms with Crippen LogP contribution in [-0.4, -0.2) is 9.97 Å². The lowest BCUT2D eigenvalue weighted by Gasteiger charge is -2.07. The predicted octanol–water partition coefficient (Wildman–Crippen LogP) is 2.98. The number of fused-ring (bicyclic) bond motifs is 1. The van der Waals surface area contributed by atoms with E-state index in [1.54, 1.807) is 37.3 Å². The summed E-state index contributed by atoms with van der Waals surface area (Å²) in [6.45, 7) is 2.03. The summed E-state index contributed by atoms with van der Waals surface area (Å²) in [6, 6.07) is 12.1. The van der Waals surface area contributed by atoms with Crippen molar-refractivity contribution >= 4 is 16.6 Å². The number of aromatic amines is 1. The van der Waals surface area contributed by atoms with Crippen LogP contribution >= 0.6 is 0 Å². The molecule has 0 saturated heterocycles. The SMILES string of the molecule is Cc1ccc(NCc2nc3ccccc3c(=O)[nH]2)cc1F. The number of hydrogen-bond donors (Lipinski definition) is 2. The van der Waals surface area contributed by atoms with Crippen molar-refractivity contribution in [1.82, 2.24) is 9.97 Å². The monoisotopic (exact) mass is 283 g/mol. The third-order valence-corrected chi connectivity index (χ3v) is 3.29. The van der Waals surface area contributed by atoms with Gasteiger partial charge >= 0.3 is 0 Å². The maximum atomic E-state index is 13.5. The Morgan fingerprint density at radius 3 is 2.86 bits per heavy atom. The minimum atomic E-state index is -0.264. The van der Waals surface area contributed by atoms with Crippen LogP contribution in [0.25, 0.3) is 10.9 Å². The van der Waals surface area contributed by atoms with Crippen molar-refractivity contribution in [3.05, 3.63) is 70.0 Å². The zero-order valence-electron chi connectivity index (χ0n) is 11.5. The topological polar surface area (TPSA) is 57.8 Å². The van der Waals surface area contributed by atoms with E-state index in [1.807, 2.05) is 6.07 Å². The highest BCUT2D eigenvalue weighted by atomic mass is 19.1. The molecule has 21 heavy (non-hydrogen) atoms. The van der Waals surface area contributed by atoms with Crippen molar-refractivity contribution in [2.75, 3.05) is 5.32 Å². The molecule has 0 amide bonds. The second kappa shape index (κ2) is 5.36. The Labute approximate surface area is 120 Å². The molecule has 2 N–H and O–H groups in total. The summed E-state index contributed by atoms with van der Waals surface area (Å²) >= 11 is 0. The lowest BCUT2D eigenvalue weighted by atomic mass is 10.2. The van der Waals surface area contributed by atoms with Gasteiger partial charge in [0.2, 0.25) is 0 Å². The first-order chi connectivity index (χ1) is 10.1. The zero-order valence-corrected chi connectivity index (χ0v) is 11.5. The molecule has 0 aliphatic rings. The van der Waals surface area contributed by atoms with Gasteiger partial charge in [0.15, 0.2) is 0 Å². The van der Waals surface area contributed by atoms with Gasteiger partial charge in [-0.2, -0.15) is 0 Å². The highest BCUT2D eigenvalue weighted by molar-refractivity contribution is 5.77. The number of rotatable bonds is 3. The fraction of sp³-hybridized carbons (Fsp3) is 0.125. The van der Waals surface area contributed by atoms with E-state index in [0.29, 0.717) is 34.5 Å². The lowest BCUT2D eigenvalue weighted by molar-refractivity contribution is 0.619. The molecule has 0 aliphatic carbocycles. The fourth-order valence-electron chi connectivity index (χ4n) is 2.11. The standard InChI is InChI=1S/C16H14FN3O/c1-10-6-7-11(8-13(10)17)18-9-15-19-14-5-3-2-4-12(14)16(21)20-15/h2-8,18H,9H2,1H3,(H,19,20,21). The van der Waals surface area contributed by atoms with Crippen molar-refractivity contribution in [3.63, 3.8) is 0 Å². The Balaban J connectivity index is 1.85. The van der Waals surface area contributed by atoms with Gasteiger partial charge in [0, 0.05) is 5.69 Å². The van der Waals surface area contributed by atoms with Gasteiger partial charge in [-0.15, -0.1) is 0 Å². The lowest BCUT2D eigenvalue weighted by Crippen LogP contribution is -2.14. The maximum absolute atomic E-state index is 13.5. The Bertz CT molecular complexity index is 858. The molecule has 2 aromatic carbocycles. The molecule has 1 aromatic heterocycles. The highest BCUT2D eigenvalue weighted by Crippen LogP contribution is 2.14. The zero-order chi connectivity index (χ0) is 14.8. The molecule has 4 nitrogen and oxygen atoms in total. The molecule has 5 heteroatoms. The van der Waals surface area contributed by atoms with Crippen LogP contribution < -0.4 is 10.9 Å². The number of nitrogens with zero attached hydrogens (tertiary/aromatic N) is 1. The average Bonchev–Trinajstić information content (AvgIpc) is 2.49. The molecule has 0 spiro atoms. The van der Waals surface area contributed by atoms with Gasteiger partial charge in [0.1, 0.15) is 11.6 Å². The number of anilines is 1. The highest BCUT2D eigenvalue weighted by Gasteiger charge is 2.04. The third kappa shape index (κ3) is 2.76. The Hall–Kier alpha value is -2.69. The summed E-state index contributed by atoms with van der Waals surface area (Å²) in [6.07, 6.45) is 0. The summed E-state index contributed by atoms with van der Waals surface area (Å²) < 4.78 is 13.5. The smallest absolute Gasteiger partial charge is 0.258 e. The van der Waals surface area contributed by atoms with E-state index in [9.17, 15) is 9.18 Å². The Morgan fingerprint density at radius 2 is 2.05 bits per heavy atom. The Kier molecular flexibility index (Phi) is 3.39.